The fraction of sp³-hybridized carbons (Fsp3) is 0.571. The van der Waals surface area contributed by atoms with Gasteiger partial charge in [0, 0.05) is 17.3 Å². The van der Waals surface area contributed by atoms with Crippen LogP contribution in [0.25, 0.3) is 0 Å². The highest BCUT2D eigenvalue weighted by Crippen LogP contribution is 2.34. The van der Waals surface area contributed by atoms with Gasteiger partial charge in [-0.05, 0) is 43.9 Å². The molecule has 0 radical (unpaired) electrons. The minimum atomic E-state index is -0.222. The number of benzene rings is 1. The molecule has 1 saturated heterocycles. The second-order valence-electron chi connectivity index (χ2n) is 4.84. The van der Waals surface area contributed by atoms with E-state index in [0.29, 0.717) is 0 Å². The summed E-state index contributed by atoms with van der Waals surface area (Å²) in [4.78, 5) is 2.27. The average Bonchev–Trinajstić information content (AvgIpc) is 2.64. The summed E-state index contributed by atoms with van der Waals surface area (Å²) in [5.74, 6) is 0. The highest BCUT2D eigenvalue weighted by molar-refractivity contribution is 6.32. The highest BCUT2D eigenvalue weighted by Gasteiger charge is 2.30. The standard InChI is InChI=1S/C14H20ClNO/c1-4-11-12(6-5-9(2)14(11)15)16-8-7-13(17)10(16)3/h5-6,10,13,17H,4,7-8H2,1-3H3/t10-,13-/m0/s1. The van der Waals surface area contributed by atoms with Crippen LogP contribution in [0.5, 0.6) is 0 Å². The Morgan fingerprint density at radius 3 is 2.71 bits per heavy atom. The van der Waals surface area contributed by atoms with Gasteiger partial charge >= 0.3 is 0 Å². The lowest BCUT2D eigenvalue weighted by atomic mass is 10.0. The number of aryl methyl sites for hydroxylation is 1. The fourth-order valence-electron chi connectivity index (χ4n) is 2.60. The maximum Gasteiger partial charge on any atom is 0.0757 e. The van der Waals surface area contributed by atoms with E-state index in [4.69, 9.17) is 11.6 Å². The molecule has 0 amide bonds. The van der Waals surface area contributed by atoms with E-state index in [1.165, 1.54) is 11.3 Å². The Kier molecular flexibility index (Phi) is 3.64. The lowest BCUT2D eigenvalue weighted by Crippen LogP contribution is -2.32. The Morgan fingerprint density at radius 1 is 1.47 bits per heavy atom. The largest absolute Gasteiger partial charge is 0.391 e. The molecule has 0 bridgehead atoms. The third-order valence-electron chi connectivity index (χ3n) is 3.79. The summed E-state index contributed by atoms with van der Waals surface area (Å²) >= 11 is 6.37. The van der Waals surface area contributed by atoms with Gasteiger partial charge in [0.25, 0.3) is 0 Å². The first kappa shape index (κ1) is 12.7. The van der Waals surface area contributed by atoms with Crippen molar-refractivity contribution in [1.82, 2.24) is 0 Å². The van der Waals surface area contributed by atoms with Crippen LogP contribution in [0.15, 0.2) is 12.1 Å². The SMILES string of the molecule is CCc1c(N2CC[C@H](O)[C@@H]2C)ccc(C)c1Cl. The molecule has 2 atom stereocenters. The predicted octanol–water partition coefficient (Wildman–Crippen LogP) is 3.17. The Labute approximate surface area is 108 Å². The molecule has 0 aromatic heterocycles. The van der Waals surface area contributed by atoms with E-state index in [9.17, 15) is 5.11 Å². The van der Waals surface area contributed by atoms with Crippen molar-refractivity contribution in [3.8, 4) is 0 Å². The molecule has 0 unspecified atom stereocenters. The van der Waals surface area contributed by atoms with Crippen molar-refractivity contribution in [2.75, 3.05) is 11.4 Å². The van der Waals surface area contributed by atoms with Gasteiger partial charge in [-0.15, -0.1) is 0 Å². The minimum Gasteiger partial charge on any atom is -0.391 e. The lowest BCUT2D eigenvalue weighted by molar-refractivity contribution is 0.170. The third kappa shape index (κ3) is 2.16. The molecule has 1 aliphatic heterocycles. The average molecular weight is 254 g/mol. The van der Waals surface area contributed by atoms with E-state index in [1.54, 1.807) is 0 Å². The topological polar surface area (TPSA) is 23.5 Å². The zero-order valence-electron chi connectivity index (χ0n) is 10.7. The molecule has 1 aromatic carbocycles. The first-order valence-corrected chi connectivity index (χ1v) is 6.66. The van der Waals surface area contributed by atoms with E-state index < -0.39 is 0 Å². The summed E-state index contributed by atoms with van der Waals surface area (Å²) in [6, 6.07) is 4.38. The van der Waals surface area contributed by atoms with Crippen molar-refractivity contribution in [1.29, 1.82) is 0 Å². The molecule has 1 N–H and O–H groups in total. The van der Waals surface area contributed by atoms with E-state index in [1.807, 2.05) is 6.92 Å². The molecule has 1 fully saturated rings. The number of hydrogen-bond acceptors (Lipinski definition) is 2. The number of aliphatic hydroxyl groups is 1. The van der Waals surface area contributed by atoms with Crippen LogP contribution in [0.3, 0.4) is 0 Å². The van der Waals surface area contributed by atoms with E-state index in [2.05, 4.69) is 30.9 Å². The summed E-state index contributed by atoms with van der Waals surface area (Å²) < 4.78 is 0. The summed E-state index contributed by atoms with van der Waals surface area (Å²) in [5.41, 5.74) is 3.51. The molecular formula is C14H20ClNO. The van der Waals surface area contributed by atoms with Gasteiger partial charge in [0.05, 0.1) is 12.1 Å². The number of nitrogens with zero attached hydrogens (tertiary/aromatic N) is 1. The highest BCUT2D eigenvalue weighted by atomic mass is 35.5. The number of rotatable bonds is 2. The van der Waals surface area contributed by atoms with Crippen LogP contribution in [-0.2, 0) is 6.42 Å². The van der Waals surface area contributed by atoms with E-state index in [-0.39, 0.29) is 12.1 Å². The Balaban J connectivity index is 2.42. The smallest absolute Gasteiger partial charge is 0.0757 e. The molecule has 2 rings (SSSR count). The van der Waals surface area contributed by atoms with Crippen molar-refractivity contribution in [3.63, 3.8) is 0 Å². The maximum absolute atomic E-state index is 9.84. The molecule has 0 spiro atoms. The number of anilines is 1. The number of hydrogen-bond donors (Lipinski definition) is 1. The Bertz CT molecular complexity index is 419. The normalized spacial score (nSPS) is 24.4. The first-order valence-electron chi connectivity index (χ1n) is 6.29. The molecule has 1 aromatic rings. The van der Waals surface area contributed by atoms with Crippen LogP contribution in [0, 0.1) is 6.92 Å². The van der Waals surface area contributed by atoms with E-state index in [0.717, 1.165) is 30.0 Å². The summed E-state index contributed by atoms with van der Waals surface area (Å²) in [6.45, 7) is 7.15. The zero-order valence-corrected chi connectivity index (χ0v) is 11.5. The quantitative estimate of drug-likeness (QED) is 0.875. The van der Waals surface area contributed by atoms with Crippen LogP contribution in [0.4, 0.5) is 5.69 Å². The summed E-state index contributed by atoms with van der Waals surface area (Å²) in [5, 5.41) is 10.7. The van der Waals surface area contributed by atoms with Crippen LogP contribution >= 0.6 is 11.6 Å². The maximum atomic E-state index is 9.84. The lowest BCUT2D eigenvalue weighted by Gasteiger charge is -2.28. The van der Waals surface area contributed by atoms with Crippen LogP contribution in [-0.4, -0.2) is 23.8 Å². The van der Waals surface area contributed by atoms with Gasteiger partial charge in [-0.2, -0.15) is 0 Å². The second-order valence-corrected chi connectivity index (χ2v) is 5.22. The molecule has 17 heavy (non-hydrogen) atoms. The van der Waals surface area contributed by atoms with E-state index >= 15 is 0 Å². The molecule has 1 heterocycles. The molecule has 1 aliphatic rings. The number of halogens is 1. The Morgan fingerprint density at radius 2 is 2.18 bits per heavy atom. The number of aliphatic hydroxyl groups excluding tert-OH is 1. The van der Waals surface area contributed by atoms with Gasteiger partial charge in [-0.25, -0.2) is 0 Å². The molecule has 0 saturated carbocycles. The van der Waals surface area contributed by atoms with Crippen LogP contribution < -0.4 is 4.90 Å². The molecule has 3 heteroatoms. The monoisotopic (exact) mass is 253 g/mol. The predicted molar refractivity (Wildman–Crippen MR) is 73.0 cm³/mol. The second kappa shape index (κ2) is 4.87. The molecule has 0 aliphatic carbocycles. The summed E-state index contributed by atoms with van der Waals surface area (Å²) in [7, 11) is 0. The van der Waals surface area contributed by atoms with Crippen LogP contribution in [0.1, 0.15) is 31.4 Å². The minimum absolute atomic E-state index is 0.180. The van der Waals surface area contributed by atoms with Gasteiger partial charge in [0.2, 0.25) is 0 Å². The van der Waals surface area contributed by atoms with Crippen LogP contribution in [0.2, 0.25) is 5.02 Å². The molecule has 2 nitrogen and oxygen atoms in total. The zero-order chi connectivity index (χ0) is 12.6. The third-order valence-corrected chi connectivity index (χ3v) is 4.31. The van der Waals surface area contributed by atoms with Gasteiger partial charge in [0.15, 0.2) is 0 Å². The van der Waals surface area contributed by atoms with Crippen molar-refractivity contribution < 1.29 is 5.11 Å². The Hall–Kier alpha value is -0.730. The van der Waals surface area contributed by atoms with Crippen molar-refractivity contribution in [2.45, 2.75) is 45.8 Å². The first-order chi connectivity index (χ1) is 8.06. The van der Waals surface area contributed by atoms with Crippen molar-refractivity contribution in [3.05, 3.63) is 28.3 Å². The van der Waals surface area contributed by atoms with Crippen molar-refractivity contribution >= 4 is 17.3 Å². The van der Waals surface area contributed by atoms with Gasteiger partial charge in [-0.1, -0.05) is 24.6 Å². The van der Waals surface area contributed by atoms with Gasteiger partial charge < -0.3 is 10.0 Å². The summed E-state index contributed by atoms with van der Waals surface area (Å²) in [6.07, 6.45) is 1.55. The fourth-order valence-corrected chi connectivity index (χ4v) is 2.89. The van der Waals surface area contributed by atoms with Crippen molar-refractivity contribution in [2.24, 2.45) is 0 Å². The molecule has 94 valence electrons. The molecular weight excluding hydrogens is 234 g/mol. The van der Waals surface area contributed by atoms with Gasteiger partial charge in [0.1, 0.15) is 0 Å². The van der Waals surface area contributed by atoms with Gasteiger partial charge in [-0.3, -0.25) is 0 Å².